The van der Waals surface area contributed by atoms with Crippen LogP contribution in [0.1, 0.15) is 17.0 Å². The molecule has 1 atom stereocenters. The second-order valence-corrected chi connectivity index (χ2v) is 4.39. The summed E-state index contributed by atoms with van der Waals surface area (Å²) in [4.78, 5) is 0. The van der Waals surface area contributed by atoms with Gasteiger partial charge in [0.1, 0.15) is 17.5 Å². The maximum absolute atomic E-state index is 13.7. The van der Waals surface area contributed by atoms with Gasteiger partial charge in [0.2, 0.25) is 0 Å². The number of hydrogen-bond acceptors (Lipinski definition) is 1. The molecule has 0 fully saturated rings. The first-order valence-corrected chi connectivity index (χ1v) is 6.00. The molecular weight excluding hydrogens is 251 g/mol. The first kappa shape index (κ1) is 13.6. The van der Waals surface area contributed by atoms with Gasteiger partial charge in [-0.3, -0.25) is 0 Å². The lowest BCUT2D eigenvalue weighted by Crippen LogP contribution is -2.17. The fourth-order valence-corrected chi connectivity index (χ4v) is 2.08. The summed E-state index contributed by atoms with van der Waals surface area (Å²) >= 11 is 0. The Morgan fingerprint density at radius 2 is 1.68 bits per heavy atom. The van der Waals surface area contributed by atoms with E-state index in [4.69, 9.17) is 5.73 Å². The molecule has 0 aliphatic carbocycles. The predicted octanol–water partition coefficient (Wildman–Crippen LogP) is 3.39. The van der Waals surface area contributed by atoms with E-state index in [9.17, 15) is 13.2 Å². The van der Waals surface area contributed by atoms with Crippen LogP contribution in [0.2, 0.25) is 0 Å². The van der Waals surface area contributed by atoms with E-state index in [1.807, 2.05) is 0 Å². The van der Waals surface area contributed by atoms with Crippen LogP contribution in [-0.4, -0.2) is 6.54 Å². The summed E-state index contributed by atoms with van der Waals surface area (Å²) in [7, 11) is 0. The van der Waals surface area contributed by atoms with Gasteiger partial charge in [-0.05, 0) is 36.2 Å². The quantitative estimate of drug-likeness (QED) is 0.901. The minimum Gasteiger partial charge on any atom is -0.330 e. The molecule has 100 valence electrons. The van der Waals surface area contributed by atoms with Crippen molar-refractivity contribution in [2.24, 2.45) is 5.73 Å². The molecule has 2 aromatic rings. The first-order valence-electron chi connectivity index (χ1n) is 6.00. The molecule has 0 heterocycles. The molecule has 0 radical (unpaired) electrons. The molecule has 19 heavy (non-hydrogen) atoms. The molecule has 0 amide bonds. The van der Waals surface area contributed by atoms with E-state index in [0.717, 1.165) is 6.07 Å². The van der Waals surface area contributed by atoms with Gasteiger partial charge < -0.3 is 5.73 Å². The molecule has 0 spiro atoms. The van der Waals surface area contributed by atoms with E-state index in [1.54, 1.807) is 18.2 Å². The minimum absolute atomic E-state index is 0.192. The van der Waals surface area contributed by atoms with E-state index in [-0.39, 0.29) is 24.7 Å². The number of halogens is 3. The lowest BCUT2D eigenvalue weighted by Gasteiger charge is -2.16. The summed E-state index contributed by atoms with van der Waals surface area (Å²) in [5, 5.41) is 0. The largest absolute Gasteiger partial charge is 0.330 e. The van der Waals surface area contributed by atoms with Crippen molar-refractivity contribution in [3.8, 4) is 0 Å². The Morgan fingerprint density at radius 1 is 0.947 bits per heavy atom. The highest BCUT2D eigenvalue weighted by Gasteiger charge is 2.16. The van der Waals surface area contributed by atoms with E-state index < -0.39 is 11.6 Å². The zero-order valence-electron chi connectivity index (χ0n) is 10.2. The van der Waals surface area contributed by atoms with Crippen LogP contribution in [0.3, 0.4) is 0 Å². The summed E-state index contributed by atoms with van der Waals surface area (Å²) in [5.41, 5.74) is 6.42. The number of benzene rings is 2. The first-order chi connectivity index (χ1) is 9.11. The van der Waals surface area contributed by atoms with Crippen LogP contribution < -0.4 is 5.73 Å². The normalized spacial score (nSPS) is 12.4. The molecular formula is C15H14F3N. The van der Waals surface area contributed by atoms with Crippen molar-refractivity contribution in [2.75, 3.05) is 6.54 Å². The van der Waals surface area contributed by atoms with Gasteiger partial charge in [-0.25, -0.2) is 13.2 Å². The maximum atomic E-state index is 13.7. The van der Waals surface area contributed by atoms with Gasteiger partial charge in [-0.1, -0.05) is 24.3 Å². The van der Waals surface area contributed by atoms with Crippen LogP contribution in [-0.2, 0) is 6.42 Å². The van der Waals surface area contributed by atoms with Gasteiger partial charge in [-0.2, -0.15) is 0 Å². The van der Waals surface area contributed by atoms with Crippen molar-refractivity contribution in [3.05, 3.63) is 71.0 Å². The molecule has 0 aliphatic heterocycles. The molecule has 0 saturated heterocycles. The van der Waals surface area contributed by atoms with Gasteiger partial charge in [0.05, 0.1) is 0 Å². The third-order valence-electron chi connectivity index (χ3n) is 3.11. The average molecular weight is 265 g/mol. The van der Waals surface area contributed by atoms with E-state index >= 15 is 0 Å². The highest BCUT2D eigenvalue weighted by Crippen LogP contribution is 2.24. The van der Waals surface area contributed by atoms with E-state index in [1.165, 1.54) is 18.2 Å². The van der Waals surface area contributed by atoms with Crippen molar-refractivity contribution in [1.29, 1.82) is 0 Å². The molecule has 4 heteroatoms. The highest BCUT2D eigenvalue weighted by atomic mass is 19.1. The number of rotatable bonds is 4. The topological polar surface area (TPSA) is 26.0 Å². The summed E-state index contributed by atoms with van der Waals surface area (Å²) in [6.07, 6.45) is 0.240. The monoisotopic (exact) mass is 265 g/mol. The van der Waals surface area contributed by atoms with Gasteiger partial charge in [0.25, 0.3) is 0 Å². The summed E-state index contributed by atoms with van der Waals surface area (Å²) < 4.78 is 40.1. The molecule has 1 unspecified atom stereocenters. The number of hydrogen-bond donors (Lipinski definition) is 1. The molecule has 0 aromatic heterocycles. The van der Waals surface area contributed by atoms with Crippen molar-refractivity contribution >= 4 is 0 Å². The van der Waals surface area contributed by atoms with Gasteiger partial charge in [0, 0.05) is 12.0 Å². The predicted molar refractivity (Wildman–Crippen MR) is 68.3 cm³/mol. The molecule has 2 N–H and O–H groups in total. The third kappa shape index (κ3) is 3.15. The zero-order chi connectivity index (χ0) is 13.8. The van der Waals surface area contributed by atoms with E-state index in [0.29, 0.717) is 11.1 Å². The fraction of sp³-hybridized carbons (Fsp3) is 0.200. The lowest BCUT2D eigenvalue weighted by molar-refractivity contribution is 0.547. The van der Waals surface area contributed by atoms with Crippen molar-refractivity contribution in [2.45, 2.75) is 12.3 Å². The molecule has 0 aliphatic rings. The van der Waals surface area contributed by atoms with Crippen LogP contribution in [0.4, 0.5) is 13.2 Å². The van der Waals surface area contributed by atoms with Crippen molar-refractivity contribution in [1.82, 2.24) is 0 Å². The van der Waals surface area contributed by atoms with Crippen molar-refractivity contribution in [3.63, 3.8) is 0 Å². The Morgan fingerprint density at radius 3 is 2.32 bits per heavy atom. The van der Waals surface area contributed by atoms with Crippen LogP contribution in [0.15, 0.2) is 42.5 Å². The Kier molecular flexibility index (Phi) is 4.22. The Labute approximate surface area is 109 Å². The average Bonchev–Trinajstić information content (AvgIpc) is 2.39. The Hall–Kier alpha value is -1.81. The molecule has 2 aromatic carbocycles. The number of nitrogens with two attached hydrogens (primary N) is 1. The van der Waals surface area contributed by atoms with Crippen molar-refractivity contribution < 1.29 is 13.2 Å². The van der Waals surface area contributed by atoms with Crippen LogP contribution >= 0.6 is 0 Å². The molecule has 0 saturated carbocycles. The SMILES string of the molecule is NCC(Cc1ccc(F)cc1F)c1ccccc1F. The Balaban J connectivity index is 2.27. The minimum atomic E-state index is -0.630. The van der Waals surface area contributed by atoms with Crippen LogP contribution in [0, 0.1) is 17.5 Å². The third-order valence-corrected chi connectivity index (χ3v) is 3.11. The van der Waals surface area contributed by atoms with Crippen LogP contribution in [0.25, 0.3) is 0 Å². The van der Waals surface area contributed by atoms with Gasteiger partial charge in [-0.15, -0.1) is 0 Å². The fourth-order valence-electron chi connectivity index (χ4n) is 2.08. The van der Waals surface area contributed by atoms with Crippen LogP contribution in [0.5, 0.6) is 0 Å². The molecule has 2 rings (SSSR count). The second kappa shape index (κ2) is 5.89. The van der Waals surface area contributed by atoms with Gasteiger partial charge in [0.15, 0.2) is 0 Å². The smallest absolute Gasteiger partial charge is 0.129 e. The summed E-state index contributed by atoms with van der Waals surface area (Å²) in [5.74, 6) is -1.95. The van der Waals surface area contributed by atoms with Gasteiger partial charge >= 0.3 is 0 Å². The standard InChI is InChI=1S/C15H14F3N/c16-12-6-5-10(15(18)8-12)7-11(9-19)13-3-1-2-4-14(13)17/h1-6,8,11H,7,9,19H2. The lowest BCUT2D eigenvalue weighted by atomic mass is 9.91. The molecule has 1 nitrogen and oxygen atoms in total. The second-order valence-electron chi connectivity index (χ2n) is 4.39. The Bertz CT molecular complexity index is 569. The summed E-state index contributed by atoms with van der Waals surface area (Å²) in [6.45, 7) is 0.192. The van der Waals surface area contributed by atoms with E-state index in [2.05, 4.69) is 0 Å². The maximum Gasteiger partial charge on any atom is 0.129 e. The zero-order valence-corrected chi connectivity index (χ0v) is 10.2. The highest BCUT2D eigenvalue weighted by molar-refractivity contribution is 5.27. The molecule has 0 bridgehead atoms. The summed E-state index contributed by atoms with van der Waals surface area (Å²) in [6, 6.07) is 9.66.